The first kappa shape index (κ1) is 15.7. The monoisotopic (exact) mass is 266 g/mol. The molecule has 0 saturated heterocycles. The molecule has 1 unspecified atom stereocenters. The van der Waals surface area contributed by atoms with Gasteiger partial charge < -0.3 is 15.7 Å². The van der Waals surface area contributed by atoms with Crippen LogP contribution in [0.2, 0.25) is 0 Å². The minimum atomic E-state index is -0.354. The topological polar surface area (TPSA) is 70.1 Å². The zero-order valence-electron chi connectivity index (χ0n) is 12.7. The fourth-order valence-electron chi connectivity index (χ4n) is 1.71. The van der Waals surface area contributed by atoms with E-state index in [0.717, 1.165) is 42.4 Å². The summed E-state index contributed by atoms with van der Waals surface area (Å²) in [5.41, 5.74) is 0.639. The summed E-state index contributed by atoms with van der Waals surface area (Å²) < 4.78 is 0. The molecule has 0 aromatic carbocycles. The van der Waals surface area contributed by atoms with Gasteiger partial charge in [0.2, 0.25) is 0 Å². The number of aliphatic hydroxyl groups is 1. The van der Waals surface area contributed by atoms with Crippen molar-refractivity contribution >= 4 is 11.6 Å². The van der Waals surface area contributed by atoms with E-state index in [1.165, 1.54) is 0 Å². The maximum Gasteiger partial charge on any atom is 0.135 e. The molecule has 0 bridgehead atoms. The van der Waals surface area contributed by atoms with E-state index in [-0.39, 0.29) is 12.1 Å². The van der Waals surface area contributed by atoms with Gasteiger partial charge in [-0.15, -0.1) is 0 Å². The van der Waals surface area contributed by atoms with E-state index in [4.69, 9.17) is 0 Å². The Labute approximate surface area is 115 Å². The number of hydrogen-bond acceptors (Lipinski definition) is 5. The summed E-state index contributed by atoms with van der Waals surface area (Å²) in [6.07, 6.45) is 1.61. The highest BCUT2D eigenvalue weighted by Crippen LogP contribution is 2.24. The molecular weight excluding hydrogens is 240 g/mol. The quantitative estimate of drug-likeness (QED) is 0.706. The van der Waals surface area contributed by atoms with Crippen LogP contribution in [0.4, 0.5) is 11.6 Å². The van der Waals surface area contributed by atoms with E-state index in [1.807, 2.05) is 34.6 Å². The third kappa shape index (κ3) is 3.80. The van der Waals surface area contributed by atoms with E-state index in [0.29, 0.717) is 0 Å². The Bertz CT molecular complexity index is 416. The van der Waals surface area contributed by atoms with Crippen LogP contribution in [-0.4, -0.2) is 33.8 Å². The predicted molar refractivity (Wildman–Crippen MR) is 79.7 cm³/mol. The number of anilines is 2. The van der Waals surface area contributed by atoms with Gasteiger partial charge in [0.15, 0.2) is 0 Å². The van der Waals surface area contributed by atoms with Crippen molar-refractivity contribution in [1.29, 1.82) is 0 Å². The number of aliphatic hydroxyl groups excluding tert-OH is 1. The Morgan fingerprint density at radius 1 is 1.16 bits per heavy atom. The molecule has 1 aromatic rings. The lowest BCUT2D eigenvalue weighted by atomic mass is 10.00. The van der Waals surface area contributed by atoms with Gasteiger partial charge in [-0.3, -0.25) is 0 Å². The summed E-state index contributed by atoms with van der Waals surface area (Å²) >= 11 is 0. The first-order chi connectivity index (χ1) is 8.99. The van der Waals surface area contributed by atoms with Crippen LogP contribution in [0.15, 0.2) is 0 Å². The maximum absolute atomic E-state index is 9.52. The minimum Gasteiger partial charge on any atom is -0.394 e. The molecule has 1 heterocycles. The summed E-state index contributed by atoms with van der Waals surface area (Å²) in [6, 6.07) is 0. The molecule has 0 aliphatic rings. The van der Waals surface area contributed by atoms with Crippen molar-refractivity contribution in [3.8, 4) is 0 Å². The summed E-state index contributed by atoms with van der Waals surface area (Å²) in [5, 5.41) is 16.1. The van der Waals surface area contributed by atoms with E-state index >= 15 is 0 Å². The highest BCUT2D eigenvalue weighted by atomic mass is 16.3. The smallest absolute Gasteiger partial charge is 0.135 e. The normalized spacial score (nSPS) is 14.0. The zero-order chi connectivity index (χ0) is 14.5. The van der Waals surface area contributed by atoms with E-state index in [9.17, 15) is 5.11 Å². The predicted octanol–water partition coefficient (Wildman–Crippen LogP) is 2.35. The Kier molecular flexibility index (Phi) is 5.54. The molecule has 0 aliphatic carbocycles. The maximum atomic E-state index is 9.52. The molecule has 5 nitrogen and oxygen atoms in total. The average Bonchev–Trinajstić information content (AvgIpc) is 2.43. The van der Waals surface area contributed by atoms with E-state index < -0.39 is 0 Å². The summed E-state index contributed by atoms with van der Waals surface area (Å²) in [5.74, 6) is 2.48. The summed E-state index contributed by atoms with van der Waals surface area (Å²) in [4.78, 5) is 9.04. The number of nitrogens with one attached hydrogen (secondary N) is 2. The van der Waals surface area contributed by atoms with E-state index in [1.54, 1.807) is 0 Å². The van der Waals surface area contributed by atoms with Gasteiger partial charge in [-0.25, -0.2) is 9.97 Å². The molecule has 1 atom stereocenters. The highest BCUT2D eigenvalue weighted by Gasteiger charge is 2.23. The molecular formula is C14H26N4O. The number of nitrogens with zero attached hydrogens (tertiary/aromatic N) is 2. The van der Waals surface area contributed by atoms with Gasteiger partial charge in [-0.2, -0.15) is 0 Å². The van der Waals surface area contributed by atoms with Crippen LogP contribution >= 0.6 is 0 Å². The van der Waals surface area contributed by atoms with Gasteiger partial charge >= 0.3 is 0 Å². The van der Waals surface area contributed by atoms with Crippen molar-refractivity contribution in [1.82, 2.24) is 9.97 Å². The molecule has 0 fully saturated rings. The lowest BCUT2D eigenvalue weighted by Gasteiger charge is -2.29. The fraction of sp³-hybridized carbons (Fsp3) is 0.714. The molecule has 19 heavy (non-hydrogen) atoms. The molecule has 3 N–H and O–H groups in total. The number of rotatable bonds is 7. The molecule has 108 valence electrons. The van der Waals surface area contributed by atoms with Crippen LogP contribution in [-0.2, 0) is 6.42 Å². The SMILES string of the molecule is CCNc1nc(CC)nc(NC(C)(CC)CO)c1C. The largest absolute Gasteiger partial charge is 0.394 e. The molecule has 0 amide bonds. The second-order valence-corrected chi connectivity index (χ2v) is 5.04. The van der Waals surface area contributed by atoms with Crippen molar-refractivity contribution in [2.45, 2.75) is 53.0 Å². The van der Waals surface area contributed by atoms with Gasteiger partial charge in [-0.05, 0) is 27.2 Å². The number of hydrogen-bond donors (Lipinski definition) is 3. The summed E-state index contributed by atoms with van der Waals surface area (Å²) in [7, 11) is 0. The highest BCUT2D eigenvalue weighted by molar-refractivity contribution is 5.58. The van der Waals surface area contributed by atoms with E-state index in [2.05, 4.69) is 20.6 Å². The second kappa shape index (κ2) is 6.70. The molecule has 0 spiro atoms. The van der Waals surface area contributed by atoms with Crippen LogP contribution in [0.5, 0.6) is 0 Å². The van der Waals surface area contributed by atoms with Gasteiger partial charge in [0, 0.05) is 18.5 Å². The van der Waals surface area contributed by atoms with Crippen molar-refractivity contribution in [3.05, 3.63) is 11.4 Å². The lowest BCUT2D eigenvalue weighted by molar-refractivity contribution is 0.218. The average molecular weight is 266 g/mol. The van der Waals surface area contributed by atoms with Gasteiger partial charge in [0.25, 0.3) is 0 Å². The molecule has 5 heteroatoms. The number of aromatic nitrogens is 2. The standard InChI is InChI=1S/C14H26N4O/c1-6-11-16-12(15-8-3)10(4)13(17-11)18-14(5,7-2)9-19/h19H,6-9H2,1-5H3,(H2,15,16,17,18). The van der Waals surface area contributed by atoms with Crippen LogP contribution in [0.25, 0.3) is 0 Å². The van der Waals surface area contributed by atoms with Gasteiger partial charge in [-0.1, -0.05) is 13.8 Å². The molecule has 0 saturated carbocycles. The molecule has 0 aliphatic heterocycles. The van der Waals surface area contributed by atoms with Crippen molar-refractivity contribution in [2.75, 3.05) is 23.8 Å². The summed E-state index contributed by atoms with van der Waals surface area (Å²) in [6.45, 7) is 11.0. The Hall–Kier alpha value is -1.36. The molecule has 1 rings (SSSR count). The first-order valence-corrected chi connectivity index (χ1v) is 7.00. The second-order valence-electron chi connectivity index (χ2n) is 5.04. The third-order valence-electron chi connectivity index (χ3n) is 3.40. The van der Waals surface area contributed by atoms with Crippen molar-refractivity contribution in [3.63, 3.8) is 0 Å². The van der Waals surface area contributed by atoms with Crippen LogP contribution in [0, 0.1) is 6.92 Å². The van der Waals surface area contributed by atoms with Crippen molar-refractivity contribution in [2.24, 2.45) is 0 Å². The Balaban J connectivity index is 3.15. The molecule has 0 radical (unpaired) electrons. The Morgan fingerprint density at radius 2 is 1.79 bits per heavy atom. The van der Waals surface area contributed by atoms with Crippen LogP contribution in [0.1, 0.15) is 45.5 Å². The van der Waals surface area contributed by atoms with Crippen molar-refractivity contribution < 1.29 is 5.11 Å². The zero-order valence-corrected chi connectivity index (χ0v) is 12.7. The minimum absolute atomic E-state index is 0.0743. The van der Waals surface area contributed by atoms with Crippen LogP contribution in [0.3, 0.4) is 0 Å². The van der Waals surface area contributed by atoms with Gasteiger partial charge in [0.05, 0.1) is 12.1 Å². The van der Waals surface area contributed by atoms with Crippen LogP contribution < -0.4 is 10.6 Å². The van der Waals surface area contributed by atoms with Gasteiger partial charge in [0.1, 0.15) is 17.5 Å². The fourth-order valence-corrected chi connectivity index (χ4v) is 1.71. The number of aryl methyl sites for hydroxylation is 1. The lowest BCUT2D eigenvalue weighted by Crippen LogP contribution is -2.38. The molecule has 1 aromatic heterocycles. The Morgan fingerprint density at radius 3 is 2.26 bits per heavy atom. The first-order valence-electron chi connectivity index (χ1n) is 7.00. The third-order valence-corrected chi connectivity index (χ3v) is 3.40.